The Morgan fingerprint density at radius 1 is 1.10 bits per heavy atom. The topological polar surface area (TPSA) is 101 Å². The molecule has 1 heterocycles. The molecule has 0 radical (unpaired) electrons. The van der Waals surface area contributed by atoms with E-state index in [9.17, 15) is 9.18 Å². The summed E-state index contributed by atoms with van der Waals surface area (Å²) in [5.74, 6) is 1.71. The quantitative estimate of drug-likeness (QED) is 0.498. The lowest BCUT2D eigenvalue weighted by Crippen LogP contribution is -2.36. The summed E-state index contributed by atoms with van der Waals surface area (Å²) < 4.78 is 18.1. The van der Waals surface area contributed by atoms with Gasteiger partial charge in [0, 0.05) is 32.2 Å². The molecule has 8 nitrogen and oxygen atoms in total. The second-order valence-electron chi connectivity index (χ2n) is 7.76. The Morgan fingerprint density at radius 2 is 1.81 bits per heavy atom. The summed E-state index contributed by atoms with van der Waals surface area (Å²) in [6.07, 6.45) is 3.29. The summed E-state index contributed by atoms with van der Waals surface area (Å²) in [5.41, 5.74) is 1.45. The van der Waals surface area contributed by atoms with Gasteiger partial charge < -0.3 is 20.7 Å². The fraction of sp³-hybridized carbons (Fsp3) is 0.545. The molecule has 2 aromatic rings. The predicted octanol–water partition coefficient (Wildman–Crippen LogP) is 2.99. The summed E-state index contributed by atoms with van der Waals surface area (Å²) in [4.78, 5) is 25.7. The number of amides is 1. The van der Waals surface area contributed by atoms with Crippen LogP contribution in [-0.2, 0) is 22.8 Å². The van der Waals surface area contributed by atoms with E-state index in [0.29, 0.717) is 43.0 Å². The van der Waals surface area contributed by atoms with E-state index in [0.717, 1.165) is 31.2 Å². The number of aryl methyl sites for hydroxylation is 1. The number of nitrogens with one attached hydrogen (secondary N) is 3. The number of methoxy groups -OCH3 is 1. The van der Waals surface area contributed by atoms with Crippen molar-refractivity contribution < 1.29 is 13.9 Å². The van der Waals surface area contributed by atoms with Gasteiger partial charge in [-0.15, -0.1) is 0 Å². The van der Waals surface area contributed by atoms with Gasteiger partial charge in [-0.1, -0.05) is 24.3 Å². The maximum atomic E-state index is 13.1. The van der Waals surface area contributed by atoms with Gasteiger partial charge in [-0.2, -0.15) is 15.0 Å². The Morgan fingerprint density at radius 3 is 2.52 bits per heavy atom. The highest BCUT2D eigenvalue weighted by molar-refractivity contribution is 5.78. The van der Waals surface area contributed by atoms with Crippen LogP contribution >= 0.6 is 0 Å². The largest absolute Gasteiger partial charge is 0.383 e. The standard InChI is InChI=1S/C22H31FN6O2/c1-15-26-21(24-11-12-31-2)29-22(27-15)28-19-9-7-16(8-10-19)20(30)25-14-18-6-4-3-5-17(18)13-23/h3-6,16,19H,7-14H2,1-2H3,(H,25,30)(H2,24,26,27,28,29). The van der Waals surface area contributed by atoms with Gasteiger partial charge in [-0.3, -0.25) is 4.79 Å². The minimum absolute atomic E-state index is 0.0260. The van der Waals surface area contributed by atoms with Gasteiger partial charge in [-0.25, -0.2) is 4.39 Å². The molecule has 3 N–H and O–H groups in total. The minimum Gasteiger partial charge on any atom is -0.383 e. The number of hydrogen-bond acceptors (Lipinski definition) is 7. The van der Waals surface area contributed by atoms with Gasteiger partial charge in [-0.05, 0) is 43.7 Å². The van der Waals surface area contributed by atoms with Crippen molar-refractivity contribution in [3.8, 4) is 0 Å². The van der Waals surface area contributed by atoms with Crippen LogP contribution in [0.25, 0.3) is 0 Å². The maximum Gasteiger partial charge on any atom is 0.227 e. The fourth-order valence-electron chi connectivity index (χ4n) is 3.76. The van der Waals surface area contributed by atoms with Crippen molar-refractivity contribution in [1.29, 1.82) is 0 Å². The summed E-state index contributed by atoms with van der Waals surface area (Å²) in [7, 11) is 1.65. The van der Waals surface area contributed by atoms with Crippen LogP contribution in [-0.4, -0.2) is 47.2 Å². The molecule has 9 heteroatoms. The number of aromatic nitrogens is 3. The number of carbonyl (C=O) groups excluding carboxylic acids is 1. The summed E-state index contributed by atoms with van der Waals surface area (Å²) in [5, 5.41) is 9.47. The monoisotopic (exact) mass is 430 g/mol. The van der Waals surface area contributed by atoms with E-state index >= 15 is 0 Å². The second kappa shape index (κ2) is 11.5. The summed E-state index contributed by atoms with van der Waals surface area (Å²) in [6, 6.07) is 7.48. The van der Waals surface area contributed by atoms with Crippen LogP contribution in [0, 0.1) is 12.8 Å². The van der Waals surface area contributed by atoms with E-state index in [1.165, 1.54) is 0 Å². The molecule has 1 aliphatic carbocycles. The van der Waals surface area contributed by atoms with Crippen molar-refractivity contribution in [2.45, 2.75) is 51.9 Å². The van der Waals surface area contributed by atoms with Crippen LogP contribution in [0.4, 0.5) is 16.3 Å². The van der Waals surface area contributed by atoms with Crippen molar-refractivity contribution in [3.63, 3.8) is 0 Å². The molecule has 168 valence electrons. The number of rotatable bonds is 10. The first-order valence-electron chi connectivity index (χ1n) is 10.7. The Hall–Kier alpha value is -2.81. The first kappa shape index (κ1) is 22.9. The van der Waals surface area contributed by atoms with Crippen molar-refractivity contribution in [2.24, 2.45) is 5.92 Å². The molecule has 1 saturated carbocycles. The first-order valence-corrected chi connectivity index (χ1v) is 10.7. The van der Waals surface area contributed by atoms with Crippen molar-refractivity contribution >= 4 is 17.8 Å². The van der Waals surface area contributed by atoms with Crippen LogP contribution in [0.5, 0.6) is 0 Å². The first-order chi connectivity index (χ1) is 15.1. The molecule has 1 aliphatic rings. The van der Waals surface area contributed by atoms with Crippen LogP contribution in [0.2, 0.25) is 0 Å². The van der Waals surface area contributed by atoms with Gasteiger partial charge >= 0.3 is 0 Å². The van der Waals surface area contributed by atoms with Gasteiger partial charge in [0.2, 0.25) is 17.8 Å². The number of carbonyl (C=O) groups is 1. The van der Waals surface area contributed by atoms with Crippen LogP contribution < -0.4 is 16.0 Å². The number of ether oxygens (including phenoxy) is 1. The molecule has 1 aromatic heterocycles. The summed E-state index contributed by atoms with van der Waals surface area (Å²) in [6.45, 7) is 2.86. The zero-order valence-electron chi connectivity index (χ0n) is 18.2. The SMILES string of the molecule is COCCNc1nc(C)nc(NC2CCC(C(=O)NCc3ccccc3CF)CC2)n1. The summed E-state index contributed by atoms with van der Waals surface area (Å²) >= 11 is 0. The van der Waals surface area contributed by atoms with E-state index in [1.54, 1.807) is 19.2 Å². The van der Waals surface area contributed by atoms with E-state index in [2.05, 4.69) is 30.9 Å². The highest BCUT2D eigenvalue weighted by Crippen LogP contribution is 2.26. The van der Waals surface area contributed by atoms with Crippen LogP contribution in [0.1, 0.15) is 42.6 Å². The Kier molecular flexibility index (Phi) is 8.52. The van der Waals surface area contributed by atoms with Gasteiger partial charge in [0.05, 0.1) is 6.61 Å². The lowest BCUT2D eigenvalue weighted by molar-refractivity contribution is -0.126. The highest BCUT2D eigenvalue weighted by Gasteiger charge is 2.26. The van der Waals surface area contributed by atoms with E-state index in [-0.39, 0.29) is 17.9 Å². The maximum absolute atomic E-state index is 13.1. The van der Waals surface area contributed by atoms with Crippen LogP contribution in [0.3, 0.4) is 0 Å². The number of hydrogen-bond donors (Lipinski definition) is 3. The molecule has 0 atom stereocenters. The second-order valence-corrected chi connectivity index (χ2v) is 7.76. The highest BCUT2D eigenvalue weighted by atomic mass is 19.1. The number of nitrogens with zero attached hydrogens (tertiary/aromatic N) is 3. The molecule has 0 spiro atoms. The van der Waals surface area contributed by atoms with Crippen molar-refractivity contribution in [3.05, 3.63) is 41.2 Å². The zero-order valence-corrected chi connectivity index (χ0v) is 18.2. The van der Waals surface area contributed by atoms with E-state index < -0.39 is 6.67 Å². The third-order valence-electron chi connectivity index (χ3n) is 5.48. The number of anilines is 2. The van der Waals surface area contributed by atoms with Crippen molar-refractivity contribution in [1.82, 2.24) is 20.3 Å². The average molecular weight is 431 g/mol. The molecule has 0 unspecified atom stereocenters. The lowest BCUT2D eigenvalue weighted by atomic mass is 9.85. The van der Waals surface area contributed by atoms with E-state index in [1.807, 2.05) is 19.1 Å². The molecular formula is C22H31FN6O2. The molecule has 31 heavy (non-hydrogen) atoms. The normalized spacial score (nSPS) is 18.4. The lowest BCUT2D eigenvalue weighted by Gasteiger charge is -2.28. The predicted molar refractivity (Wildman–Crippen MR) is 117 cm³/mol. The van der Waals surface area contributed by atoms with E-state index in [4.69, 9.17) is 4.74 Å². The minimum atomic E-state index is -0.525. The van der Waals surface area contributed by atoms with Crippen molar-refractivity contribution in [2.75, 3.05) is 30.9 Å². The Labute approximate surface area is 182 Å². The third-order valence-corrected chi connectivity index (χ3v) is 5.48. The third kappa shape index (κ3) is 6.85. The molecule has 0 saturated heterocycles. The van der Waals surface area contributed by atoms with Gasteiger partial charge in [0.25, 0.3) is 0 Å². The number of halogens is 1. The Balaban J connectivity index is 1.46. The zero-order chi connectivity index (χ0) is 22.1. The van der Waals surface area contributed by atoms with Gasteiger partial charge in [0.1, 0.15) is 12.5 Å². The number of alkyl halides is 1. The molecule has 1 aromatic carbocycles. The number of benzene rings is 1. The molecule has 0 aliphatic heterocycles. The molecule has 1 amide bonds. The average Bonchev–Trinajstić information content (AvgIpc) is 2.78. The van der Waals surface area contributed by atoms with Gasteiger partial charge in [0.15, 0.2) is 0 Å². The molecule has 1 fully saturated rings. The molecule has 3 rings (SSSR count). The van der Waals surface area contributed by atoms with Crippen LogP contribution in [0.15, 0.2) is 24.3 Å². The molecule has 0 bridgehead atoms. The fourth-order valence-corrected chi connectivity index (χ4v) is 3.76. The molecular weight excluding hydrogens is 399 g/mol. The smallest absolute Gasteiger partial charge is 0.227 e. The Bertz CT molecular complexity index is 858.